The van der Waals surface area contributed by atoms with Gasteiger partial charge < -0.3 is 15.4 Å². The summed E-state index contributed by atoms with van der Waals surface area (Å²) in [5, 5.41) is 19.0. The molecule has 0 aliphatic carbocycles. The number of benzene rings is 2. The average molecular weight is 510 g/mol. The summed E-state index contributed by atoms with van der Waals surface area (Å²) in [7, 11) is 0. The van der Waals surface area contributed by atoms with Crippen molar-refractivity contribution < 1.29 is 5.11 Å². The number of aryl methyl sites for hydroxylation is 1. The molecule has 0 amide bonds. The van der Waals surface area contributed by atoms with E-state index in [1.807, 2.05) is 62.5 Å². The Labute approximate surface area is 215 Å². The van der Waals surface area contributed by atoms with Gasteiger partial charge in [0.25, 0.3) is 5.56 Å². The molecule has 0 aliphatic rings. The van der Waals surface area contributed by atoms with Crippen molar-refractivity contribution in [3.05, 3.63) is 101 Å². The molecule has 0 aliphatic heterocycles. The average Bonchev–Trinajstić information content (AvgIpc) is 3.48. The lowest BCUT2D eigenvalue weighted by Crippen LogP contribution is -2.29. The third-order valence-corrected chi connectivity index (χ3v) is 7.18. The molecular formula is C27H23N7O2S. The Morgan fingerprint density at radius 3 is 2.73 bits per heavy atom. The second kappa shape index (κ2) is 9.14. The Kier molecular flexibility index (Phi) is 5.65. The molecule has 0 fully saturated rings. The van der Waals surface area contributed by atoms with Crippen molar-refractivity contribution in [1.82, 2.24) is 29.1 Å². The van der Waals surface area contributed by atoms with E-state index in [-0.39, 0.29) is 17.4 Å². The van der Waals surface area contributed by atoms with Crippen LogP contribution in [0.5, 0.6) is 5.75 Å². The summed E-state index contributed by atoms with van der Waals surface area (Å²) in [6.45, 7) is 3.86. The van der Waals surface area contributed by atoms with Gasteiger partial charge in [-0.25, -0.2) is 14.5 Å². The van der Waals surface area contributed by atoms with Crippen LogP contribution in [-0.2, 0) is 0 Å². The van der Waals surface area contributed by atoms with Crippen LogP contribution in [0.4, 0.5) is 5.82 Å². The number of para-hydroxylation sites is 1. The number of nitrogens with one attached hydrogen (secondary N) is 2. The molecule has 1 atom stereocenters. The highest BCUT2D eigenvalue weighted by Gasteiger charge is 2.21. The molecule has 1 unspecified atom stereocenters. The summed E-state index contributed by atoms with van der Waals surface area (Å²) in [5.41, 5.74) is 2.69. The van der Waals surface area contributed by atoms with Gasteiger partial charge in [-0.05, 0) is 55.8 Å². The number of aromatic hydroxyl groups is 1. The molecule has 4 aromatic heterocycles. The zero-order valence-electron chi connectivity index (χ0n) is 20.1. The molecule has 9 nitrogen and oxygen atoms in total. The van der Waals surface area contributed by atoms with Crippen LogP contribution in [-0.4, -0.2) is 34.2 Å². The molecule has 6 aromatic rings. The molecule has 0 radical (unpaired) electrons. The predicted molar refractivity (Wildman–Crippen MR) is 144 cm³/mol. The van der Waals surface area contributed by atoms with Crippen molar-refractivity contribution >= 4 is 34.1 Å². The second-order valence-corrected chi connectivity index (χ2v) is 9.81. The largest absolute Gasteiger partial charge is 0.508 e. The highest BCUT2D eigenvalue weighted by atomic mass is 32.2. The fourth-order valence-corrected chi connectivity index (χ4v) is 5.40. The molecule has 0 bridgehead atoms. The molecule has 10 heteroatoms. The molecule has 184 valence electrons. The van der Waals surface area contributed by atoms with E-state index in [1.54, 1.807) is 33.5 Å². The molecule has 2 aromatic carbocycles. The lowest BCUT2D eigenvalue weighted by atomic mass is 10.2. The molecule has 0 saturated heterocycles. The monoisotopic (exact) mass is 509 g/mol. The van der Waals surface area contributed by atoms with Crippen LogP contribution in [0.15, 0.2) is 94.0 Å². The molecule has 0 spiro atoms. The minimum atomic E-state index is -0.383. The number of rotatable bonds is 6. The molecule has 4 heterocycles. The maximum atomic E-state index is 13.7. The smallest absolute Gasteiger partial charge is 0.282 e. The fraction of sp³-hybridized carbons (Fsp3) is 0.111. The lowest BCUT2D eigenvalue weighted by molar-refractivity contribution is 0.474. The summed E-state index contributed by atoms with van der Waals surface area (Å²) in [6, 6.07) is 18.1. The number of anilines is 1. The van der Waals surface area contributed by atoms with E-state index < -0.39 is 0 Å². The Morgan fingerprint density at radius 2 is 1.92 bits per heavy atom. The lowest BCUT2D eigenvalue weighted by Gasteiger charge is -2.20. The molecule has 37 heavy (non-hydrogen) atoms. The van der Waals surface area contributed by atoms with Crippen molar-refractivity contribution in [3.63, 3.8) is 0 Å². The Bertz CT molecular complexity index is 1810. The van der Waals surface area contributed by atoms with Gasteiger partial charge in [-0.15, -0.1) is 0 Å². The van der Waals surface area contributed by atoms with E-state index in [0.29, 0.717) is 22.8 Å². The fourth-order valence-electron chi connectivity index (χ4n) is 4.41. The summed E-state index contributed by atoms with van der Waals surface area (Å²) >= 11 is 1.50. The van der Waals surface area contributed by atoms with Gasteiger partial charge in [0.2, 0.25) is 0 Å². The zero-order chi connectivity index (χ0) is 25.5. The van der Waals surface area contributed by atoms with Crippen LogP contribution in [0.3, 0.4) is 0 Å². The maximum Gasteiger partial charge on any atom is 0.282 e. The number of aromatic amines is 1. The van der Waals surface area contributed by atoms with Gasteiger partial charge >= 0.3 is 0 Å². The number of aromatic nitrogens is 6. The van der Waals surface area contributed by atoms with Crippen LogP contribution >= 0.6 is 11.8 Å². The molecule has 6 rings (SSSR count). The first-order chi connectivity index (χ1) is 18.0. The number of nitrogens with zero attached hydrogens (tertiary/aromatic N) is 5. The number of hydrogen-bond donors (Lipinski definition) is 3. The van der Waals surface area contributed by atoms with Crippen LogP contribution in [0, 0.1) is 6.92 Å². The van der Waals surface area contributed by atoms with Crippen LogP contribution in [0.25, 0.3) is 22.2 Å². The Balaban J connectivity index is 1.45. The SMILES string of the molecule is Cc1ccn2nc(C(C)Nc3ncnc4[nH]cc(Sc5cccc(O)c5)c34)n(-c3ccccc3)c(=O)c12. The van der Waals surface area contributed by atoms with Gasteiger partial charge in [0.1, 0.15) is 29.1 Å². The first kappa shape index (κ1) is 22.9. The number of fused-ring (bicyclic) bond motifs is 2. The van der Waals surface area contributed by atoms with Crippen molar-refractivity contribution in [2.24, 2.45) is 0 Å². The van der Waals surface area contributed by atoms with Crippen LogP contribution < -0.4 is 10.9 Å². The highest BCUT2D eigenvalue weighted by Crippen LogP contribution is 2.37. The summed E-state index contributed by atoms with van der Waals surface area (Å²) in [5.74, 6) is 1.36. The van der Waals surface area contributed by atoms with Gasteiger partial charge in [0.05, 0.1) is 17.1 Å². The summed E-state index contributed by atoms with van der Waals surface area (Å²) in [4.78, 5) is 27.6. The van der Waals surface area contributed by atoms with Gasteiger partial charge in [0.15, 0.2) is 5.82 Å². The van der Waals surface area contributed by atoms with E-state index in [1.165, 1.54) is 18.1 Å². The van der Waals surface area contributed by atoms with Crippen molar-refractivity contribution in [2.75, 3.05) is 5.32 Å². The summed E-state index contributed by atoms with van der Waals surface area (Å²) in [6.07, 6.45) is 5.17. The van der Waals surface area contributed by atoms with E-state index in [4.69, 9.17) is 5.10 Å². The van der Waals surface area contributed by atoms with Gasteiger partial charge in [-0.1, -0.05) is 36.0 Å². The predicted octanol–water partition coefficient (Wildman–Crippen LogP) is 5.09. The van der Waals surface area contributed by atoms with E-state index in [0.717, 1.165) is 26.4 Å². The van der Waals surface area contributed by atoms with E-state index >= 15 is 0 Å². The highest BCUT2D eigenvalue weighted by molar-refractivity contribution is 7.99. The molecular weight excluding hydrogens is 486 g/mol. The van der Waals surface area contributed by atoms with Crippen LogP contribution in [0.1, 0.15) is 24.4 Å². The number of H-pyrrole nitrogens is 1. The Hall–Kier alpha value is -4.57. The van der Waals surface area contributed by atoms with Crippen LogP contribution in [0.2, 0.25) is 0 Å². The quantitative estimate of drug-likeness (QED) is 0.286. The first-order valence-corrected chi connectivity index (χ1v) is 12.5. The third-order valence-electron chi connectivity index (χ3n) is 6.15. The first-order valence-electron chi connectivity index (χ1n) is 11.7. The molecule has 3 N–H and O–H groups in total. The number of phenols is 1. The second-order valence-electron chi connectivity index (χ2n) is 8.69. The van der Waals surface area contributed by atoms with Gasteiger partial charge in [-0.3, -0.25) is 9.36 Å². The van der Waals surface area contributed by atoms with Crippen molar-refractivity contribution in [2.45, 2.75) is 29.7 Å². The standard InChI is InChI=1S/C27H23N7O2S/c1-16-11-12-33-23(16)27(36)34(18-7-4-3-5-8-18)26(32-33)17(2)31-25-22-21(14-28-24(22)29-15-30-25)37-20-10-6-9-19(35)13-20/h3-15,17,35H,1-2H3,(H2,28,29,30,31). The Morgan fingerprint density at radius 1 is 1.08 bits per heavy atom. The zero-order valence-corrected chi connectivity index (χ0v) is 20.9. The number of phenolic OH excluding ortho intramolecular Hbond substituents is 1. The normalized spacial score (nSPS) is 12.3. The van der Waals surface area contributed by atoms with Gasteiger partial charge in [0, 0.05) is 22.2 Å². The van der Waals surface area contributed by atoms with E-state index in [9.17, 15) is 9.90 Å². The topological polar surface area (TPSA) is 113 Å². The third kappa shape index (κ3) is 4.11. The molecule has 0 saturated carbocycles. The minimum Gasteiger partial charge on any atom is -0.508 e. The van der Waals surface area contributed by atoms with Crippen molar-refractivity contribution in [3.8, 4) is 11.4 Å². The van der Waals surface area contributed by atoms with Gasteiger partial charge in [-0.2, -0.15) is 5.10 Å². The van der Waals surface area contributed by atoms with E-state index in [2.05, 4.69) is 20.3 Å². The number of hydrogen-bond acceptors (Lipinski definition) is 7. The minimum absolute atomic E-state index is 0.137. The maximum absolute atomic E-state index is 13.7. The summed E-state index contributed by atoms with van der Waals surface area (Å²) < 4.78 is 3.29. The van der Waals surface area contributed by atoms with Crippen molar-refractivity contribution in [1.29, 1.82) is 0 Å².